The molecule has 2 N–H and O–H groups in total. The van der Waals surface area contributed by atoms with Crippen molar-refractivity contribution in [3.63, 3.8) is 0 Å². The average Bonchev–Trinajstić information content (AvgIpc) is 2.50. The summed E-state index contributed by atoms with van der Waals surface area (Å²) in [5.41, 5.74) is 0.628. The zero-order valence-corrected chi connectivity index (χ0v) is 8.65. The molecule has 0 saturated heterocycles. The Morgan fingerprint density at radius 3 is 2.93 bits per heavy atom. The van der Waals surface area contributed by atoms with Gasteiger partial charge in [0.15, 0.2) is 10.9 Å². The van der Waals surface area contributed by atoms with E-state index in [1.165, 1.54) is 0 Å². The molecule has 1 aromatic rings. The zero-order valence-electron chi connectivity index (χ0n) is 7.83. The first-order chi connectivity index (χ1) is 6.61. The van der Waals surface area contributed by atoms with Gasteiger partial charge in [-0.1, -0.05) is 18.3 Å². The van der Waals surface area contributed by atoms with E-state index >= 15 is 0 Å². The summed E-state index contributed by atoms with van der Waals surface area (Å²) in [5.74, 6) is 1.29. The van der Waals surface area contributed by atoms with Gasteiger partial charge in [-0.25, -0.2) is 0 Å². The molecule has 5 heteroatoms. The standard InChI is InChI=1S/C9H11N3OS/c1-4-6(2)10-9(14)11-8-5-7(3)13-12-8/h4-5H,1-2H2,3H3,(H2,10,11,12,14). The van der Waals surface area contributed by atoms with E-state index in [1.54, 1.807) is 19.1 Å². The molecular formula is C9H11N3OS. The van der Waals surface area contributed by atoms with Crippen LogP contribution in [0.15, 0.2) is 35.5 Å². The number of rotatable bonds is 3. The van der Waals surface area contributed by atoms with Crippen LogP contribution in [0.3, 0.4) is 0 Å². The van der Waals surface area contributed by atoms with Crippen LogP contribution in [0.5, 0.6) is 0 Å². The number of aromatic nitrogens is 1. The van der Waals surface area contributed by atoms with Crippen LogP contribution in [0.2, 0.25) is 0 Å². The molecule has 0 aliphatic carbocycles. The first-order valence-electron chi connectivity index (χ1n) is 3.94. The Morgan fingerprint density at radius 1 is 1.71 bits per heavy atom. The van der Waals surface area contributed by atoms with Crippen LogP contribution in [-0.2, 0) is 0 Å². The number of nitrogens with zero attached hydrogens (tertiary/aromatic N) is 1. The summed E-state index contributed by atoms with van der Waals surface area (Å²) in [5, 5.41) is 9.77. The number of hydrogen-bond donors (Lipinski definition) is 2. The van der Waals surface area contributed by atoms with E-state index in [4.69, 9.17) is 16.7 Å². The van der Waals surface area contributed by atoms with Gasteiger partial charge in [0, 0.05) is 11.8 Å². The number of nitrogens with one attached hydrogen (secondary N) is 2. The third-order valence-corrected chi connectivity index (χ3v) is 1.59. The van der Waals surface area contributed by atoms with Gasteiger partial charge in [0.25, 0.3) is 0 Å². The van der Waals surface area contributed by atoms with Crippen LogP contribution in [0.1, 0.15) is 5.76 Å². The van der Waals surface area contributed by atoms with E-state index in [0.29, 0.717) is 16.6 Å². The molecule has 1 heterocycles. The summed E-state index contributed by atoms with van der Waals surface area (Å²) in [6.07, 6.45) is 1.57. The van der Waals surface area contributed by atoms with Crippen molar-refractivity contribution in [2.45, 2.75) is 6.92 Å². The van der Waals surface area contributed by atoms with E-state index in [9.17, 15) is 0 Å². The molecule has 0 radical (unpaired) electrons. The highest BCUT2D eigenvalue weighted by Crippen LogP contribution is 2.06. The van der Waals surface area contributed by atoms with Crippen molar-refractivity contribution < 1.29 is 4.52 Å². The lowest BCUT2D eigenvalue weighted by Gasteiger charge is -2.06. The molecule has 0 spiro atoms. The van der Waals surface area contributed by atoms with Crippen molar-refractivity contribution >= 4 is 23.1 Å². The molecular weight excluding hydrogens is 198 g/mol. The van der Waals surface area contributed by atoms with Gasteiger partial charge >= 0.3 is 0 Å². The van der Waals surface area contributed by atoms with Crippen molar-refractivity contribution in [3.8, 4) is 0 Å². The second-order valence-corrected chi connectivity index (χ2v) is 3.04. The van der Waals surface area contributed by atoms with Crippen LogP contribution in [-0.4, -0.2) is 10.3 Å². The Balaban J connectivity index is 2.49. The molecule has 0 aliphatic rings. The zero-order chi connectivity index (χ0) is 10.6. The quantitative estimate of drug-likeness (QED) is 0.588. The number of allylic oxidation sites excluding steroid dienone is 1. The fourth-order valence-corrected chi connectivity index (χ4v) is 1.01. The maximum Gasteiger partial charge on any atom is 0.176 e. The van der Waals surface area contributed by atoms with Gasteiger partial charge in [0.05, 0.1) is 0 Å². The summed E-state index contributed by atoms with van der Waals surface area (Å²) in [6, 6.07) is 1.74. The summed E-state index contributed by atoms with van der Waals surface area (Å²) in [6.45, 7) is 9.00. The van der Waals surface area contributed by atoms with Crippen molar-refractivity contribution in [1.29, 1.82) is 0 Å². The third-order valence-electron chi connectivity index (χ3n) is 1.39. The molecule has 0 atom stereocenters. The summed E-state index contributed by atoms with van der Waals surface area (Å²) >= 11 is 4.98. The van der Waals surface area contributed by atoms with Crippen LogP contribution < -0.4 is 10.6 Å². The molecule has 0 aromatic carbocycles. The topological polar surface area (TPSA) is 50.1 Å². The van der Waals surface area contributed by atoms with Gasteiger partial charge in [0.2, 0.25) is 0 Å². The molecule has 0 aliphatic heterocycles. The van der Waals surface area contributed by atoms with E-state index in [1.807, 2.05) is 0 Å². The van der Waals surface area contributed by atoms with Gasteiger partial charge < -0.3 is 15.2 Å². The highest BCUT2D eigenvalue weighted by Gasteiger charge is 2.01. The lowest BCUT2D eigenvalue weighted by Crippen LogP contribution is -2.26. The highest BCUT2D eigenvalue weighted by atomic mass is 32.1. The van der Waals surface area contributed by atoms with Gasteiger partial charge in [-0.15, -0.1) is 0 Å². The fraction of sp³-hybridized carbons (Fsp3) is 0.111. The third kappa shape index (κ3) is 3.02. The van der Waals surface area contributed by atoms with E-state index < -0.39 is 0 Å². The average molecular weight is 209 g/mol. The van der Waals surface area contributed by atoms with E-state index in [2.05, 4.69) is 28.9 Å². The minimum atomic E-state index is 0.406. The fourth-order valence-electron chi connectivity index (χ4n) is 0.770. The predicted molar refractivity (Wildman–Crippen MR) is 59.9 cm³/mol. The number of aryl methyl sites for hydroxylation is 1. The van der Waals surface area contributed by atoms with Crippen molar-refractivity contribution in [1.82, 2.24) is 10.5 Å². The second-order valence-electron chi connectivity index (χ2n) is 2.63. The Morgan fingerprint density at radius 2 is 2.43 bits per heavy atom. The normalized spacial score (nSPS) is 9.21. The summed E-state index contributed by atoms with van der Waals surface area (Å²) < 4.78 is 4.85. The Labute approximate surface area is 87.7 Å². The molecule has 0 unspecified atom stereocenters. The molecule has 1 rings (SSSR count). The number of anilines is 1. The van der Waals surface area contributed by atoms with Crippen LogP contribution in [0.25, 0.3) is 0 Å². The number of hydrogen-bond acceptors (Lipinski definition) is 3. The molecule has 4 nitrogen and oxygen atoms in total. The smallest absolute Gasteiger partial charge is 0.176 e. The first-order valence-corrected chi connectivity index (χ1v) is 4.35. The van der Waals surface area contributed by atoms with Crippen LogP contribution >= 0.6 is 12.2 Å². The molecule has 1 aromatic heterocycles. The Hall–Kier alpha value is -1.62. The summed E-state index contributed by atoms with van der Waals surface area (Å²) in [4.78, 5) is 0. The van der Waals surface area contributed by atoms with Gasteiger partial charge in [-0.05, 0) is 25.2 Å². The molecule has 0 bridgehead atoms. The van der Waals surface area contributed by atoms with Gasteiger partial charge in [-0.3, -0.25) is 0 Å². The largest absolute Gasteiger partial charge is 0.360 e. The molecule has 0 fully saturated rings. The predicted octanol–water partition coefficient (Wildman–Crippen LogP) is 1.97. The lowest BCUT2D eigenvalue weighted by molar-refractivity contribution is 0.400. The maximum atomic E-state index is 4.98. The maximum absolute atomic E-state index is 4.98. The van der Waals surface area contributed by atoms with Crippen LogP contribution in [0, 0.1) is 6.92 Å². The molecule has 74 valence electrons. The Bertz CT molecular complexity index is 370. The number of thiocarbonyl (C=S) groups is 1. The summed E-state index contributed by atoms with van der Waals surface area (Å²) in [7, 11) is 0. The van der Waals surface area contributed by atoms with Crippen LogP contribution in [0.4, 0.5) is 5.82 Å². The molecule has 0 saturated carbocycles. The molecule has 14 heavy (non-hydrogen) atoms. The minimum absolute atomic E-state index is 0.406. The minimum Gasteiger partial charge on any atom is -0.360 e. The van der Waals surface area contributed by atoms with Crippen molar-refractivity contribution in [2.24, 2.45) is 0 Å². The van der Waals surface area contributed by atoms with E-state index in [-0.39, 0.29) is 0 Å². The Kier molecular flexibility index (Phi) is 3.41. The SMILES string of the molecule is C=CC(=C)NC(=S)Nc1cc(C)on1. The highest BCUT2D eigenvalue weighted by molar-refractivity contribution is 7.80. The monoisotopic (exact) mass is 209 g/mol. The van der Waals surface area contributed by atoms with Crippen molar-refractivity contribution in [3.05, 3.63) is 36.8 Å². The second kappa shape index (κ2) is 4.57. The van der Waals surface area contributed by atoms with Gasteiger partial charge in [-0.2, -0.15) is 0 Å². The molecule has 0 amide bonds. The van der Waals surface area contributed by atoms with E-state index in [0.717, 1.165) is 5.76 Å². The van der Waals surface area contributed by atoms with Crippen molar-refractivity contribution in [2.75, 3.05) is 5.32 Å². The first kappa shape index (κ1) is 10.5. The lowest BCUT2D eigenvalue weighted by atomic mass is 10.5. The van der Waals surface area contributed by atoms with Gasteiger partial charge in [0.1, 0.15) is 5.76 Å².